The summed E-state index contributed by atoms with van der Waals surface area (Å²) < 4.78 is 38.1. The van der Waals surface area contributed by atoms with E-state index >= 15 is 0 Å². The summed E-state index contributed by atoms with van der Waals surface area (Å²) in [6, 6.07) is 7.55. The maximum atomic E-state index is 12.7. The van der Waals surface area contributed by atoms with E-state index < -0.39 is 17.7 Å². The van der Waals surface area contributed by atoms with Crippen LogP contribution in [0.3, 0.4) is 0 Å². The summed E-state index contributed by atoms with van der Waals surface area (Å²) in [4.78, 5) is 0. The fourth-order valence-electron chi connectivity index (χ4n) is 3.51. The predicted molar refractivity (Wildman–Crippen MR) is 69.0 cm³/mol. The Labute approximate surface area is 116 Å². The van der Waals surface area contributed by atoms with Crippen LogP contribution in [0.2, 0.25) is 0 Å². The summed E-state index contributed by atoms with van der Waals surface area (Å²) in [6.45, 7) is 0.672. The molecule has 0 spiro atoms. The minimum atomic E-state index is -4.14. The van der Waals surface area contributed by atoms with Crippen LogP contribution in [-0.4, -0.2) is 16.9 Å². The molecule has 2 nitrogen and oxygen atoms in total. The van der Waals surface area contributed by atoms with E-state index in [1.54, 1.807) is 0 Å². The SMILES string of the molecule is OC1(C2NCc3ccccc32)CCC(C(F)(F)F)CC1. The van der Waals surface area contributed by atoms with E-state index in [9.17, 15) is 18.3 Å². The normalized spacial score (nSPS) is 34.0. The fraction of sp³-hybridized carbons (Fsp3) is 0.600. The van der Waals surface area contributed by atoms with Crippen LogP contribution >= 0.6 is 0 Å². The number of nitrogens with one attached hydrogen (secondary N) is 1. The summed E-state index contributed by atoms with van der Waals surface area (Å²) in [7, 11) is 0. The van der Waals surface area contributed by atoms with Crippen LogP contribution in [0.4, 0.5) is 13.2 Å². The third-order valence-electron chi connectivity index (χ3n) is 4.71. The van der Waals surface area contributed by atoms with E-state index in [1.807, 2.05) is 24.3 Å². The van der Waals surface area contributed by atoms with Gasteiger partial charge in [0.2, 0.25) is 0 Å². The van der Waals surface area contributed by atoms with Gasteiger partial charge >= 0.3 is 6.18 Å². The van der Waals surface area contributed by atoms with Crippen LogP contribution in [-0.2, 0) is 6.54 Å². The lowest BCUT2D eigenvalue weighted by Crippen LogP contribution is -2.45. The molecule has 1 saturated carbocycles. The topological polar surface area (TPSA) is 32.3 Å². The van der Waals surface area contributed by atoms with Crippen molar-refractivity contribution in [3.8, 4) is 0 Å². The minimum absolute atomic E-state index is 0.0142. The van der Waals surface area contributed by atoms with Gasteiger partial charge in [-0.25, -0.2) is 0 Å². The molecule has 1 heterocycles. The highest BCUT2D eigenvalue weighted by molar-refractivity contribution is 5.36. The average molecular weight is 285 g/mol. The zero-order valence-electron chi connectivity index (χ0n) is 11.1. The molecule has 5 heteroatoms. The molecule has 2 N–H and O–H groups in total. The number of fused-ring (bicyclic) bond motifs is 1. The number of hydrogen-bond donors (Lipinski definition) is 2. The Kier molecular flexibility index (Phi) is 3.29. The molecule has 3 rings (SSSR count). The van der Waals surface area contributed by atoms with Crippen molar-refractivity contribution in [2.45, 2.75) is 50.0 Å². The molecule has 0 aromatic heterocycles. The van der Waals surface area contributed by atoms with Crippen molar-refractivity contribution in [2.75, 3.05) is 0 Å². The van der Waals surface area contributed by atoms with E-state index in [2.05, 4.69) is 5.32 Å². The van der Waals surface area contributed by atoms with Gasteiger partial charge in [0.1, 0.15) is 0 Å². The molecule has 0 saturated heterocycles. The first-order valence-electron chi connectivity index (χ1n) is 7.00. The lowest BCUT2D eigenvalue weighted by atomic mass is 9.73. The van der Waals surface area contributed by atoms with Crippen molar-refractivity contribution < 1.29 is 18.3 Å². The molecule has 0 bridgehead atoms. The van der Waals surface area contributed by atoms with Gasteiger partial charge in [-0.05, 0) is 36.8 Å². The highest BCUT2D eigenvalue weighted by Crippen LogP contribution is 2.47. The third-order valence-corrected chi connectivity index (χ3v) is 4.71. The Morgan fingerprint density at radius 2 is 1.80 bits per heavy atom. The van der Waals surface area contributed by atoms with Gasteiger partial charge in [0.25, 0.3) is 0 Å². The Hall–Kier alpha value is -1.07. The summed E-state index contributed by atoms with van der Waals surface area (Å²) in [5.74, 6) is -1.26. The molecule has 1 fully saturated rings. The number of aliphatic hydroxyl groups is 1. The van der Waals surface area contributed by atoms with Crippen LogP contribution in [0.5, 0.6) is 0 Å². The van der Waals surface area contributed by atoms with Crippen LogP contribution in [0.15, 0.2) is 24.3 Å². The van der Waals surface area contributed by atoms with Crippen molar-refractivity contribution in [3.05, 3.63) is 35.4 Å². The molecular formula is C15H18F3NO. The van der Waals surface area contributed by atoms with Crippen molar-refractivity contribution in [2.24, 2.45) is 5.92 Å². The van der Waals surface area contributed by atoms with E-state index in [0.29, 0.717) is 6.54 Å². The summed E-state index contributed by atoms with van der Waals surface area (Å²) >= 11 is 0. The summed E-state index contributed by atoms with van der Waals surface area (Å²) in [6.07, 6.45) is -3.71. The highest BCUT2D eigenvalue weighted by atomic mass is 19.4. The van der Waals surface area contributed by atoms with Gasteiger partial charge in [0.05, 0.1) is 17.6 Å². The maximum absolute atomic E-state index is 12.7. The van der Waals surface area contributed by atoms with Gasteiger partial charge in [-0.1, -0.05) is 24.3 Å². The highest BCUT2D eigenvalue weighted by Gasteiger charge is 2.49. The molecular weight excluding hydrogens is 267 g/mol. The van der Waals surface area contributed by atoms with Gasteiger partial charge in [-0.2, -0.15) is 13.2 Å². The van der Waals surface area contributed by atoms with Crippen LogP contribution in [0.25, 0.3) is 0 Å². The second-order valence-corrected chi connectivity index (χ2v) is 5.93. The van der Waals surface area contributed by atoms with Gasteiger partial charge < -0.3 is 10.4 Å². The van der Waals surface area contributed by atoms with E-state index in [-0.39, 0.29) is 31.7 Å². The Bertz CT molecular complexity index is 492. The number of halogens is 3. The Balaban J connectivity index is 1.76. The molecule has 20 heavy (non-hydrogen) atoms. The largest absolute Gasteiger partial charge is 0.391 e. The average Bonchev–Trinajstić information content (AvgIpc) is 2.82. The third kappa shape index (κ3) is 2.33. The number of benzene rings is 1. The second kappa shape index (κ2) is 4.74. The van der Waals surface area contributed by atoms with Crippen molar-refractivity contribution >= 4 is 0 Å². The predicted octanol–water partition coefficient (Wildman–Crippen LogP) is 3.31. The van der Waals surface area contributed by atoms with Gasteiger partial charge in [0, 0.05) is 6.54 Å². The van der Waals surface area contributed by atoms with Crippen LogP contribution in [0.1, 0.15) is 42.9 Å². The fourth-order valence-corrected chi connectivity index (χ4v) is 3.51. The number of alkyl halides is 3. The molecule has 1 atom stereocenters. The molecule has 1 aromatic carbocycles. The zero-order chi connectivity index (χ0) is 14.4. The monoisotopic (exact) mass is 285 g/mol. The van der Waals surface area contributed by atoms with Crippen molar-refractivity contribution in [1.29, 1.82) is 0 Å². The second-order valence-electron chi connectivity index (χ2n) is 5.93. The Morgan fingerprint density at radius 1 is 1.15 bits per heavy atom. The lowest BCUT2D eigenvalue weighted by Gasteiger charge is -2.41. The quantitative estimate of drug-likeness (QED) is 0.829. The van der Waals surface area contributed by atoms with Gasteiger partial charge in [0.15, 0.2) is 0 Å². The lowest BCUT2D eigenvalue weighted by molar-refractivity contribution is -0.194. The van der Waals surface area contributed by atoms with Gasteiger partial charge in [-0.3, -0.25) is 0 Å². The molecule has 1 aliphatic carbocycles. The van der Waals surface area contributed by atoms with Crippen molar-refractivity contribution in [3.63, 3.8) is 0 Å². The standard InChI is InChI=1S/C15H18F3NO/c16-15(17,18)11-5-7-14(20,8-6-11)13-12-4-2-1-3-10(12)9-19-13/h1-4,11,13,19-20H,5-9H2. The van der Waals surface area contributed by atoms with Crippen molar-refractivity contribution in [1.82, 2.24) is 5.32 Å². The molecule has 0 radical (unpaired) electrons. The Morgan fingerprint density at radius 3 is 2.45 bits per heavy atom. The molecule has 1 unspecified atom stereocenters. The maximum Gasteiger partial charge on any atom is 0.391 e. The summed E-state index contributed by atoms with van der Waals surface area (Å²) in [5, 5.41) is 14.0. The van der Waals surface area contributed by atoms with E-state index in [1.165, 1.54) is 0 Å². The smallest absolute Gasteiger partial charge is 0.388 e. The molecule has 2 aliphatic rings. The zero-order valence-corrected chi connectivity index (χ0v) is 11.1. The first-order chi connectivity index (χ1) is 9.40. The van der Waals surface area contributed by atoms with E-state index in [4.69, 9.17) is 0 Å². The molecule has 0 amide bonds. The first-order valence-corrected chi connectivity index (χ1v) is 7.00. The van der Waals surface area contributed by atoms with E-state index in [0.717, 1.165) is 11.1 Å². The molecule has 110 valence electrons. The summed E-state index contributed by atoms with van der Waals surface area (Å²) in [5.41, 5.74) is 1.10. The minimum Gasteiger partial charge on any atom is -0.388 e. The van der Waals surface area contributed by atoms with Gasteiger partial charge in [-0.15, -0.1) is 0 Å². The number of rotatable bonds is 1. The first kappa shape index (κ1) is 13.9. The number of hydrogen-bond acceptors (Lipinski definition) is 2. The van der Waals surface area contributed by atoms with Crippen LogP contribution in [0, 0.1) is 5.92 Å². The molecule has 1 aromatic rings. The van der Waals surface area contributed by atoms with Crippen LogP contribution < -0.4 is 5.32 Å². The molecule has 1 aliphatic heterocycles.